The van der Waals surface area contributed by atoms with Crippen molar-refractivity contribution in [2.75, 3.05) is 5.84 Å². The van der Waals surface area contributed by atoms with Crippen LogP contribution in [0.5, 0.6) is 5.75 Å². The zero-order chi connectivity index (χ0) is 12.0. The lowest BCUT2D eigenvalue weighted by Gasteiger charge is -1.95. The van der Waals surface area contributed by atoms with Crippen LogP contribution in [0.2, 0.25) is 0 Å². The van der Waals surface area contributed by atoms with Gasteiger partial charge in [-0.2, -0.15) is 0 Å². The molecule has 84 valence electrons. The van der Waals surface area contributed by atoms with Gasteiger partial charge in [0.25, 0.3) is 0 Å². The molecule has 3 N–H and O–H groups in total. The number of nitrogens with zero attached hydrogens (tertiary/aromatic N) is 3. The summed E-state index contributed by atoms with van der Waals surface area (Å²) in [5, 5.41) is 15.8. The first-order valence-corrected chi connectivity index (χ1v) is 4.96. The molecule has 2 rings (SSSR count). The van der Waals surface area contributed by atoms with Crippen molar-refractivity contribution >= 4 is 22.2 Å². The molecule has 0 aliphatic rings. The topological polar surface area (TPSA) is 94.0 Å². The summed E-state index contributed by atoms with van der Waals surface area (Å²) in [4.78, 5) is 10.2. The Balaban J connectivity index is 0.000000181. The second-order valence-electron chi connectivity index (χ2n) is 2.73. The number of carbonyl (C=O) groups excluding carboxylic acids is 1. The second kappa shape index (κ2) is 5.86. The minimum Gasteiger partial charge on any atom is -0.507 e. The Morgan fingerprint density at radius 1 is 1.38 bits per heavy atom. The molecule has 2 aromatic rings. The molecule has 1 aromatic carbocycles. The van der Waals surface area contributed by atoms with Gasteiger partial charge < -0.3 is 10.9 Å². The number of aromatic nitrogens is 3. The fourth-order valence-electron chi connectivity index (χ4n) is 0.828. The fraction of sp³-hybridized carbons (Fsp3) is 0. The number of hydrogen-bond donors (Lipinski definition) is 2. The molecular weight excluding hydrogens is 276 g/mol. The first-order chi connectivity index (χ1) is 7.63. The van der Waals surface area contributed by atoms with Gasteiger partial charge in [-0.1, -0.05) is 15.9 Å². The summed E-state index contributed by atoms with van der Waals surface area (Å²) in [6, 6.07) is 4.69. The predicted octanol–water partition coefficient (Wildman–Crippen LogP) is 0.959. The summed E-state index contributed by atoms with van der Waals surface area (Å²) in [7, 11) is 0. The summed E-state index contributed by atoms with van der Waals surface area (Å²) in [5.74, 6) is 5.08. The number of benzene rings is 1. The van der Waals surface area contributed by atoms with Crippen LogP contribution in [-0.2, 0) is 0 Å². The SMILES string of the molecule is Nn1cnnc1.O=Cc1cc(Br)ccc1O. The average molecular weight is 285 g/mol. The van der Waals surface area contributed by atoms with E-state index < -0.39 is 0 Å². The van der Waals surface area contributed by atoms with Gasteiger partial charge in [-0.05, 0) is 18.2 Å². The molecule has 0 amide bonds. The standard InChI is InChI=1S/C7H5BrO2.C2H4N4/c8-6-1-2-7(10)5(3-6)4-9;3-6-1-4-5-2-6/h1-4,10H;1-2H,3H2. The van der Waals surface area contributed by atoms with E-state index in [0.29, 0.717) is 11.8 Å². The molecule has 0 saturated heterocycles. The van der Waals surface area contributed by atoms with Crippen LogP contribution < -0.4 is 5.84 Å². The van der Waals surface area contributed by atoms with Gasteiger partial charge in [0.05, 0.1) is 5.56 Å². The Hall–Kier alpha value is -1.89. The highest BCUT2D eigenvalue weighted by Gasteiger charge is 1.97. The number of nitrogens with two attached hydrogens (primary N) is 1. The Bertz CT molecular complexity index is 459. The summed E-state index contributed by atoms with van der Waals surface area (Å²) in [6.07, 6.45) is 3.44. The highest BCUT2D eigenvalue weighted by Crippen LogP contribution is 2.19. The van der Waals surface area contributed by atoms with Crippen LogP contribution in [0, 0.1) is 0 Å². The number of nitrogen functional groups attached to an aromatic ring is 1. The predicted molar refractivity (Wildman–Crippen MR) is 61.4 cm³/mol. The van der Waals surface area contributed by atoms with Crippen LogP contribution in [0.25, 0.3) is 0 Å². The quantitative estimate of drug-likeness (QED) is 0.601. The summed E-state index contributed by atoms with van der Waals surface area (Å²) < 4.78 is 2.06. The van der Waals surface area contributed by atoms with Crippen molar-refractivity contribution < 1.29 is 9.90 Å². The lowest BCUT2D eigenvalue weighted by molar-refractivity contribution is 0.112. The van der Waals surface area contributed by atoms with Crippen molar-refractivity contribution in [2.24, 2.45) is 0 Å². The van der Waals surface area contributed by atoms with Gasteiger partial charge in [0.1, 0.15) is 18.4 Å². The number of halogens is 1. The molecule has 0 spiro atoms. The Morgan fingerprint density at radius 2 is 2.00 bits per heavy atom. The molecule has 0 unspecified atom stereocenters. The van der Waals surface area contributed by atoms with E-state index in [1.807, 2.05) is 0 Å². The molecule has 0 aliphatic heterocycles. The molecule has 6 nitrogen and oxygen atoms in total. The Labute approximate surface area is 99.8 Å². The van der Waals surface area contributed by atoms with E-state index in [9.17, 15) is 4.79 Å². The number of aromatic hydroxyl groups is 1. The average Bonchev–Trinajstić information content (AvgIpc) is 2.74. The number of phenols is 1. The van der Waals surface area contributed by atoms with Gasteiger partial charge in [0.15, 0.2) is 6.29 Å². The van der Waals surface area contributed by atoms with Crippen molar-refractivity contribution in [1.29, 1.82) is 0 Å². The largest absolute Gasteiger partial charge is 0.507 e. The molecule has 0 atom stereocenters. The molecule has 7 heteroatoms. The molecule has 0 bridgehead atoms. The van der Waals surface area contributed by atoms with Crippen LogP contribution in [0.1, 0.15) is 10.4 Å². The maximum absolute atomic E-state index is 10.2. The summed E-state index contributed by atoms with van der Waals surface area (Å²) in [6.45, 7) is 0. The highest BCUT2D eigenvalue weighted by molar-refractivity contribution is 9.10. The Morgan fingerprint density at radius 3 is 2.38 bits per heavy atom. The first-order valence-electron chi connectivity index (χ1n) is 4.17. The highest BCUT2D eigenvalue weighted by atomic mass is 79.9. The van der Waals surface area contributed by atoms with E-state index in [0.717, 1.165) is 4.47 Å². The smallest absolute Gasteiger partial charge is 0.153 e. The van der Waals surface area contributed by atoms with E-state index in [1.165, 1.54) is 23.4 Å². The number of rotatable bonds is 1. The Kier molecular flexibility index (Phi) is 4.46. The van der Waals surface area contributed by atoms with Crippen LogP contribution in [0.3, 0.4) is 0 Å². The molecular formula is C9H9BrN4O2. The third-order valence-electron chi connectivity index (χ3n) is 1.55. The lowest BCUT2D eigenvalue weighted by atomic mass is 10.2. The summed E-state index contributed by atoms with van der Waals surface area (Å²) in [5.41, 5.74) is 0.300. The number of phenolic OH excluding ortho intramolecular Hbond substituents is 1. The van der Waals surface area contributed by atoms with Crippen molar-refractivity contribution in [3.63, 3.8) is 0 Å². The molecule has 1 heterocycles. The molecule has 1 aromatic heterocycles. The van der Waals surface area contributed by atoms with E-state index in [4.69, 9.17) is 10.9 Å². The van der Waals surface area contributed by atoms with Crippen molar-refractivity contribution in [2.45, 2.75) is 0 Å². The minimum atomic E-state index is 0.0122. The van der Waals surface area contributed by atoms with Gasteiger partial charge in [-0.3, -0.25) is 4.79 Å². The van der Waals surface area contributed by atoms with Gasteiger partial charge >= 0.3 is 0 Å². The van der Waals surface area contributed by atoms with Gasteiger partial charge in [-0.25, -0.2) is 4.68 Å². The maximum Gasteiger partial charge on any atom is 0.153 e. The first kappa shape index (κ1) is 12.2. The van der Waals surface area contributed by atoms with E-state index in [1.54, 1.807) is 12.1 Å². The third kappa shape index (κ3) is 3.70. The van der Waals surface area contributed by atoms with Gasteiger partial charge in [0, 0.05) is 4.47 Å². The second-order valence-corrected chi connectivity index (χ2v) is 3.65. The number of aldehydes is 1. The maximum atomic E-state index is 10.2. The molecule has 0 saturated carbocycles. The molecule has 0 fully saturated rings. The van der Waals surface area contributed by atoms with Crippen LogP contribution in [-0.4, -0.2) is 26.3 Å². The number of carbonyl (C=O) groups is 1. The fourth-order valence-corrected chi connectivity index (χ4v) is 1.21. The van der Waals surface area contributed by atoms with Crippen LogP contribution in [0.15, 0.2) is 35.3 Å². The zero-order valence-electron chi connectivity index (χ0n) is 8.12. The van der Waals surface area contributed by atoms with Crippen LogP contribution >= 0.6 is 15.9 Å². The normalized spacial score (nSPS) is 9.06. The van der Waals surface area contributed by atoms with E-state index in [2.05, 4.69) is 26.1 Å². The third-order valence-corrected chi connectivity index (χ3v) is 2.05. The number of hydrogen-bond acceptors (Lipinski definition) is 5. The van der Waals surface area contributed by atoms with Gasteiger partial charge in [0.2, 0.25) is 0 Å². The van der Waals surface area contributed by atoms with Crippen molar-refractivity contribution in [3.05, 3.63) is 40.9 Å². The minimum absolute atomic E-state index is 0.0122. The summed E-state index contributed by atoms with van der Waals surface area (Å²) >= 11 is 3.17. The zero-order valence-corrected chi connectivity index (χ0v) is 9.70. The molecule has 0 aliphatic carbocycles. The molecule has 0 radical (unpaired) electrons. The monoisotopic (exact) mass is 284 g/mol. The van der Waals surface area contributed by atoms with E-state index >= 15 is 0 Å². The van der Waals surface area contributed by atoms with Crippen molar-refractivity contribution in [1.82, 2.24) is 14.9 Å². The van der Waals surface area contributed by atoms with Gasteiger partial charge in [-0.15, -0.1) is 10.2 Å². The van der Waals surface area contributed by atoms with E-state index in [-0.39, 0.29) is 5.75 Å². The lowest BCUT2D eigenvalue weighted by Crippen LogP contribution is -2.02. The molecule has 16 heavy (non-hydrogen) atoms. The van der Waals surface area contributed by atoms with Crippen molar-refractivity contribution in [3.8, 4) is 5.75 Å². The van der Waals surface area contributed by atoms with Crippen LogP contribution in [0.4, 0.5) is 0 Å².